The third-order valence-electron chi connectivity index (χ3n) is 3.50. The molecule has 2 heteroatoms. The average Bonchev–Trinajstić information content (AvgIpc) is 2.41. The third kappa shape index (κ3) is 2.77. The molecule has 0 spiro atoms. The van der Waals surface area contributed by atoms with Crippen molar-refractivity contribution in [3.63, 3.8) is 0 Å². The highest BCUT2D eigenvalue weighted by molar-refractivity contribution is 5.26. The number of rotatable bonds is 4. The Kier molecular flexibility index (Phi) is 3.78. The van der Waals surface area contributed by atoms with Crippen LogP contribution in [0.3, 0.4) is 0 Å². The van der Waals surface area contributed by atoms with Gasteiger partial charge in [-0.2, -0.15) is 0 Å². The number of aromatic nitrogens is 1. The van der Waals surface area contributed by atoms with Crippen molar-refractivity contribution in [3.8, 4) is 0 Å². The zero-order valence-electron chi connectivity index (χ0n) is 10.9. The van der Waals surface area contributed by atoms with E-state index in [1.54, 1.807) is 6.20 Å². The van der Waals surface area contributed by atoms with Crippen LogP contribution in [-0.2, 0) is 11.8 Å². The first-order valence-corrected chi connectivity index (χ1v) is 6.23. The van der Waals surface area contributed by atoms with Crippen molar-refractivity contribution in [1.82, 2.24) is 4.98 Å². The molecule has 1 atom stereocenters. The highest BCUT2D eigenvalue weighted by Gasteiger charge is 2.29. The van der Waals surface area contributed by atoms with E-state index in [-0.39, 0.29) is 5.41 Å². The van der Waals surface area contributed by atoms with Crippen LogP contribution >= 0.6 is 0 Å². The van der Waals surface area contributed by atoms with Gasteiger partial charge < -0.3 is 5.11 Å². The molecule has 0 aliphatic carbocycles. The summed E-state index contributed by atoms with van der Waals surface area (Å²) in [7, 11) is 0. The molecule has 1 heterocycles. The molecular formula is C16H19NO. The van der Waals surface area contributed by atoms with Gasteiger partial charge in [-0.15, -0.1) is 0 Å². The average molecular weight is 241 g/mol. The molecule has 1 aromatic carbocycles. The van der Waals surface area contributed by atoms with Gasteiger partial charge in [-0.25, -0.2) is 0 Å². The van der Waals surface area contributed by atoms with Crippen molar-refractivity contribution in [2.45, 2.75) is 31.8 Å². The lowest BCUT2D eigenvalue weighted by Gasteiger charge is -2.31. The van der Waals surface area contributed by atoms with E-state index in [0.29, 0.717) is 6.42 Å². The molecule has 2 aromatic rings. The number of nitrogens with zero attached hydrogens (tertiary/aromatic N) is 1. The molecule has 1 unspecified atom stereocenters. The fraction of sp³-hybridized carbons (Fsp3) is 0.312. The van der Waals surface area contributed by atoms with E-state index in [2.05, 4.69) is 31.0 Å². The minimum atomic E-state index is -0.427. The fourth-order valence-corrected chi connectivity index (χ4v) is 2.06. The molecule has 2 rings (SSSR count). The summed E-state index contributed by atoms with van der Waals surface area (Å²) in [6.07, 6.45) is 3.75. The van der Waals surface area contributed by atoms with Crippen LogP contribution in [0, 0.1) is 0 Å². The molecule has 0 bridgehead atoms. The Morgan fingerprint density at radius 2 is 1.83 bits per heavy atom. The van der Waals surface area contributed by atoms with Gasteiger partial charge in [-0.1, -0.05) is 50.2 Å². The van der Waals surface area contributed by atoms with Crippen LogP contribution in [0.4, 0.5) is 0 Å². The number of pyridine rings is 1. The zero-order valence-corrected chi connectivity index (χ0v) is 10.9. The van der Waals surface area contributed by atoms with Crippen LogP contribution in [0.1, 0.15) is 25.0 Å². The first kappa shape index (κ1) is 12.8. The van der Waals surface area contributed by atoms with Gasteiger partial charge in [0.2, 0.25) is 0 Å². The van der Waals surface area contributed by atoms with E-state index in [1.165, 1.54) is 0 Å². The number of hydrogen-bond acceptors (Lipinski definition) is 2. The summed E-state index contributed by atoms with van der Waals surface area (Å²) in [6, 6.07) is 14.0. The van der Waals surface area contributed by atoms with Crippen LogP contribution < -0.4 is 0 Å². The monoisotopic (exact) mass is 241 g/mol. The molecule has 0 fully saturated rings. The van der Waals surface area contributed by atoms with Crippen molar-refractivity contribution < 1.29 is 5.11 Å². The predicted molar refractivity (Wildman–Crippen MR) is 73.4 cm³/mol. The summed E-state index contributed by atoms with van der Waals surface area (Å²) in [5.41, 5.74) is 1.95. The first-order valence-electron chi connectivity index (χ1n) is 6.23. The maximum absolute atomic E-state index is 10.5. The van der Waals surface area contributed by atoms with Crippen LogP contribution in [0.15, 0.2) is 54.9 Å². The van der Waals surface area contributed by atoms with Crippen molar-refractivity contribution in [1.29, 1.82) is 0 Å². The zero-order chi connectivity index (χ0) is 13.0. The highest BCUT2D eigenvalue weighted by Crippen LogP contribution is 2.28. The molecule has 0 aliphatic rings. The molecule has 94 valence electrons. The summed E-state index contributed by atoms with van der Waals surface area (Å²) >= 11 is 0. The lowest BCUT2D eigenvalue weighted by Crippen LogP contribution is -2.35. The van der Waals surface area contributed by atoms with Crippen LogP contribution in [0.2, 0.25) is 0 Å². The topological polar surface area (TPSA) is 33.1 Å². The number of aliphatic hydroxyl groups is 1. The summed E-state index contributed by atoms with van der Waals surface area (Å²) < 4.78 is 0. The van der Waals surface area contributed by atoms with E-state index in [9.17, 15) is 5.11 Å². The van der Waals surface area contributed by atoms with E-state index < -0.39 is 6.10 Å². The van der Waals surface area contributed by atoms with E-state index in [0.717, 1.165) is 11.1 Å². The second kappa shape index (κ2) is 5.32. The van der Waals surface area contributed by atoms with Crippen molar-refractivity contribution in [2.75, 3.05) is 0 Å². The smallest absolute Gasteiger partial charge is 0.0672 e. The predicted octanol–water partition coefficient (Wildman–Crippen LogP) is 2.96. The Morgan fingerprint density at radius 1 is 1.11 bits per heavy atom. The molecule has 0 radical (unpaired) electrons. The normalized spacial score (nSPS) is 13.3. The Morgan fingerprint density at radius 3 is 2.44 bits per heavy atom. The van der Waals surface area contributed by atoms with Crippen LogP contribution in [0.25, 0.3) is 0 Å². The number of hydrogen-bond donors (Lipinski definition) is 1. The molecule has 0 aliphatic heterocycles. The molecular weight excluding hydrogens is 222 g/mol. The second-order valence-electron chi connectivity index (χ2n) is 5.17. The Bertz CT molecular complexity index is 479. The number of benzene rings is 1. The van der Waals surface area contributed by atoms with E-state index in [4.69, 9.17) is 0 Å². The Balaban J connectivity index is 2.15. The van der Waals surface area contributed by atoms with E-state index in [1.807, 2.05) is 36.5 Å². The Labute approximate surface area is 108 Å². The first-order chi connectivity index (χ1) is 8.60. The maximum Gasteiger partial charge on any atom is 0.0672 e. The quantitative estimate of drug-likeness (QED) is 0.892. The van der Waals surface area contributed by atoms with Gasteiger partial charge in [-0.3, -0.25) is 4.98 Å². The molecule has 0 amide bonds. The summed E-state index contributed by atoms with van der Waals surface area (Å²) in [5, 5.41) is 10.5. The second-order valence-corrected chi connectivity index (χ2v) is 5.17. The fourth-order valence-electron chi connectivity index (χ4n) is 2.06. The lowest BCUT2D eigenvalue weighted by molar-refractivity contribution is 0.0999. The summed E-state index contributed by atoms with van der Waals surface area (Å²) in [5.74, 6) is 0. The molecule has 1 N–H and O–H groups in total. The highest BCUT2D eigenvalue weighted by atomic mass is 16.3. The largest absolute Gasteiger partial charge is 0.392 e. The summed E-state index contributed by atoms with van der Waals surface area (Å²) in [4.78, 5) is 4.08. The Hall–Kier alpha value is -1.67. The van der Waals surface area contributed by atoms with Crippen LogP contribution in [0.5, 0.6) is 0 Å². The lowest BCUT2D eigenvalue weighted by atomic mass is 9.77. The molecule has 0 saturated heterocycles. The van der Waals surface area contributed by atoms with Gasteiger partial charge in [0.25, 0.3) is 0 Å². The third-order valence-corrected chi connectivity index (χ3v) is 3.50. The van der Waals surface area contributed by atoms with E-state index >= 15 is 0 Å². The maximum atomic E-state index is 10.5. The minimum Gasteiger partial charge on any atom is -0.392 e. The van der Waals surface area contributed by atoms with Gasteiger partial charge in [0.05, 0.1) is 6.10 Å². The van der Waals surface area contributed by atoms with Crippen molar-refractivity contribution in [2.24, 2.45) is 0 Å². The van der Waals surface area contributed by atoms with Gasteiger partial charge in [0, 0.05) is 24.2 Å². The molecule has 18 heavy (non-hydrogen) atoms. The van der Waals surface area contributed by atoms with Gasteiger partial charge >= 0.3 is 0 Å². The molecule has 2 nitrogen and oxygen atoms in total. The minimum absolute atomic E-state index is 0.267. The number of aliphatic hydroxyl groups excluding tert-OH is 1. The van der Waals surface area contributed by atoms with Crippen LogP contribution in [-0.4, -0.2) is 16.2 Å². The van der Waals surface area contributed by atoms with Gasteiger partial charge in [0.1, 0.15) is 0 Å². The van der Waals surface area contributed by atoms with Gasteiger partial charge in [-0.05, 0) is 17.2 Å². The van der Waals surface area contributed by atoms with Gasteiger partial charge in [0.15, 0.2) is 0 Å². The standard InChI is InChI=1S/C16H19NO/c1-16(2,14-8-4-3-5-9-14)15(18)11-13-7-6-10-17-12-13/h3-10,12,15,18H,11H2,1-2H3. The summed E-state index contributed by atoms with van der Waals surface area (Å²) in [6.45, 7) is 4.15. The van der Waals surface area contributed by atoms with Crippen molar-refractivity contribution in [3.05, 3.63) is 66.0 Å². The van der Waals surface area contributed by atoms with Crippen molar-refractivity contribution >= 4 is 0 Å². The molecule has 1 aromatic heterocycles. The SMILES string of the molecule is CC(C)(c1ccccc1)C(O)Cc1cccnc1. The molecule has 0 saturated carbocycles.